The molecule has 5 heteroatoms. The molecule has 0 saturated heterocycles. The molecule has 0 unspecified atom stereocenters. The highest BCUT2D eigenvalue weighted by molar-refractivity contribution is 5.77. The standard InChI is InChI=1S/C18H21NO4/c1-13-7-9-14(10-8-13)11-19-17(20)12-23-18-15(21-2)5-4-6-16(18)22-3/h4-10H,11-12H2,1-3H3,(H,19,20). The molecular formula is C18H21NO4. The molecule has 122 valence electrons. The second-order valence-electron chi connectivity index (χ2n) is 5.04. The third-order valence-electron chi connectivity index (χ3n) is 3.34. The first-order valence-electron chi connectivity index (χ1n) is 7.30. The van der Waals surface area contributed by atoms with Gasteiger partial charge in [-0.3, -0.25) is 4.79 Å². The van der Waals surface area contributed by atoms with Crippen molar-refractivity contribution >= 4 is 5.91 Å². The molecule has 0 saturated carbocycles. The number of hydrogen-bond acceptors (Lipinski definition) is 4. The van der Waals surface area contributed by atoms with E-state index < -0.39 is 0 Å². The fourth-order valence-electron chi connectivity index (χ4n) is 2.05. The van der Waals surface area contributed by atoms with Crippen LogP contribution in [-0.2, 0) is 11.3 Å². The lowest BCUT2D eigenvalue weighted by molar-refractivity contribution is -0.123. The van der Waals surface area contributed by atoms with Crippen molar-refractivity contribution in [1.29, 1.82) is 0 Å². The molecule has 23 heavy (non-hydrogen) atoms. The Labute approximate surface area is 136 Å². The van der Waals surface area contributed by atoms with Crippen molar-refractivity contribution in [3.8, 4) is 17.2 Å². The summed E-state index contributed by atoms with van der Waals surface area (Å²) in [5.41, 5.74) is 2.23. The van der Waals surface area contributed by atoms with Crippen molar-refractivity contribution in [2.24, 2.45) is 0 Å². The zero-order valence-electron chi connectivity index (χ0n) is 13.6. The van der Waals surface area contributed by atoms with Crippen LogP contribution in [0.3, 0.4) is 0 Å². The zero-order valence-corrected chi connectivity index (χ0v) is 13.6. The highest BCUT2D eigenvalue weighted by atomic mass is 16.5. The second kappa shape index (κ2) is 8.08. The van der Waals surface area contributed by atoms with Crippen LogP contribution in [0, 0.1) is 6.92 Å². The monoisotopic (exact) mass is 315 g/mol. The Hall–Kier alpha value is -2.69. The number of carbonyl (C=O) groups is 1. The molecule has 0 fully saturated rings. The number of nitrogens with one attached hydrogen (secondary N) is 1. The van der Waals surface area contributed by atoms with Crippen molar-refractivity contribution in [2.45, 2.75) is 13.5 Å². The predicted octanol–water partition coefficient (Wildman–Crippen LogP) is 2.71. The largest absolute Gasteiger partial charge is 0.493 e. The van der Waals surface area contributed by atoms with Crippen molar-refractivity contribution in [1.82, 2.24) is 5.32 Å². The number of carbonyl (C=O) groups excluding carboxylic acids is 1. The molecule has 0 aliphatic carbocycles. The fourth-order valence-corrected chi connectivity index (χ4v) is 2.05. The normalized spacial score (nSPS) is 10.0. The molecule has 2 aromatic rings. The molecule has 0 aromatic heterocycles. The molecule has 0 radical (unpaired) electrons. The minimum Gasteiger partial charge on any atom is -0.493 e. The van der Waals surface area contributed by atoms with E-state index in [4.69, 9.17) is 14.2 Å². The molecule has 2 aromatic carbocycles. The summed E-state index contributed by atoms with van der Waals surface area (Å²) >= 11 is 0. The van der Waals surface area contributed by atoms with E-state index in [9.17, 15) is 4.79 Å². The Balaban J connectivity index is 1.90. The van der Waals surface area contributed by atoms with Crippen molar-refractivity contribution in [2.75, 3.05) is 20.8 Å². The topological polar surface area (TPSA) is 56.8 Å². The van der Waals surface area contributed by atoms with Gasteiger partial charge in [-0.15, -0.1) is 0 Å². The van der Waals surface area contributed by atoms with Crippen molar-refractivity contribution in [3.63, 3.8) is 0 Å². The van der Waals surface area contributed by atoms with Crippen LogP contribution < -0.4 is 19.5 Å². The lowest BCUT2D eigenvalue weighted by Crippen LogP contribution is -2.28. The van der Waals surface area contributed by atoms with Crippen LogP contribution in [0.5, 0.6) is 17.2 Å². The Bertz CT molecular complexity index is 630. The first kappa shape index (κ1) is 16.7. The molecule has 0 heterocycles. The van der Waals surface area contributed by atoms with Gasteiger partial charge >= 0.3 is 0 Å². The van der Waals surface area contributed by atoms with E-state index >= 15 is 0 Å². The fraction of sp³-hybridized carbons (Fsp3) is 0.278. The van der Waals surface area contributed by atoms with Crippen LogP contribution >= 0.6 is 0 Å². The van der Waals surface area contributed by atoms with Gasteiger partial charge in [0, 0.05) is 6.54 Å². The minimum absolute atomic E-state index is 0.109. The lowest BCUT2D eigenvalue weighted by Gasteiger charge is -2.14. The summed E-state index contributed by atoms with van der Waals surface area (Å²) in [6.07, 6.45) is 0. The van der Waals surface area contributed by atoms with E-state index in [2.05, 4.69) is 5.32 Å². The highest BCUT2D eigenvalue weighted by Gasteiger charge is 2.13. The summed E-state index contributed by atoms with van der Waals surface area (Å²) in [6.45, 7) is 2.38. The predicted molar refractivity (Wildman–Crippen MR) is 88.1 cm³/mol. The van der Waals surface area contributed by atoms with Crippen LogP contribution in [0.4, 0.5) is 0 Å². The van der Waals surface area contributed by atoms with Gasteiger partial charge in [-0.2, -0.15) is 0 Å². The number of ether oxygens (including phenoxy) is 3. The number of benzene rings is 2. The minimum atomic E-state index is -0.210. The maximum absolute atomic E-state index is 11.9. The zero-order chi connectivity index (χ0) is 16.7. The third-order valence-corrected chi connectivity index (χ3v) is 3.34. The summed E-state index contributed by atoms with van der Waals surface area (Å²) in [4.78, 5) is 11.9. The maximum atomic E-state index is 11.9. The summed E-state index contributed by atoms with van der Waals surface area (Å²) in [6, 6.07) is 13.3. The second-order valence-corrected chi connectivity index (χ2v) is 5.04. The van der Waals surface area contributed by atoms with E-state index in [1.807, 2.05) is 31.2 Å². The maximum Gasteiger partial charge on any atom is 0.258 e. The van der Waals surface area contributed by atoms with Gasteiger partial charge in [0.1, 0.15) is 0 Å². The van der Waals surface area contributed by atoms with Gasteiger partial charge in [0.2, 0.25) is 5.75 Å². The number of hydrogen-bond donors (Lipinski definition) is 1. The number of amides is 1. The Kier molecular flexibility index (Phi) is 5.86. The molecule has 1 N–H and O–H groups in total. The average Bonchev–Trinajstić information content (AvgIpc) is 2.59. The summed E-state index contributed by atoms with van der Waals surface area (Å²) in [5, 5.41) is 2.82. The highest BCUT2D eigenvalue weighted by Crippen LogP contribution is 2.36. The number of rotatable bonds is 7. The van der Waals surface area contributed by atoms with Crippen LogP contribution in [0.1, 0.15) is 11.1 Å². The Morgan fingerprint density at radius 1 is 1.00 bits per heavy atom. The van der Waals surface area contributed by atoms with Gasteiger partial charge in [0.05, 0.1) is 14.2 Å². The first-order valence-corrected chi connectivity index (χ1v) is 7.30. The van der Waals surface area contributed by atoms with Gasteiger partial charge in [0.15, 0.2) is 18.1 Å². The quantitative estimate of drug-likeness (QED) is 0.853. The van der Waals surface area contributed by atoms with Gasteiger partial charge in [-0.25, -0.2) is 0 Å². The molecule has 0 bridgehead atoms. The summed E-state index contributed by atoms with van der Waals surface area (Å²) in [5.74, 6) is 1.26. The Morgan fingerprint density at radius 3 is 2.17 bits per heavy atom. The smallest absolute Gasteiger partial charge is 0.258 e. The molecule has 0 spiro atoms. The molecule has 1 amide bonds. The molecule has 0 atom stereocenters. The molecule has 5 nitrogen and oxygen atoms in total. The lowest BCUT2D eigenvalue weighted by atomic mass is 10.1. The number of para-hydroxylation sites is 1. The van der Waals surface area contributed by atoms with Gasteiger partial charge in [-0.05, 0) is 24.6 Å². The van der Waals surface area contributed by atoms with Crippen LogP contribution in [-0.4, -0.2) is 26.7 Å². The first-order chi connectivity index (χ1) is 11.1. The van der Waals surface area contributed by atoms with Gasteiger partial charge in [0.25, 0.3) is 5.91 Å². The van der Waals surface area contributed by atoms with Crippen molar-refractivity contribution in [3.05, 3.63) is 53.6 Å². The molecule has 0 aliphatic heterocycles. The number of methoxy groups -OCH3 is 2. The van der Waals surface area contributed by atoms with Gasteiger partial charge in [-0.1, -0.05) is 35.9 Å². The van der Waals surface area contributed by atoms with E-state index in [1.54, 1.807) is 32.4 Å². The van der Waals surface area contributed by atoms with Crippen molar-refractivity contribution < 1.29 is 19.0 Å². The van der Waals surface area contributed by atoms with Gasteiger partial charge < -0.3 is 19.5 Å². The van der Waals surface area contributed by atoms with E-state index in [0.717, 1.165) is 5.56 Å². The molecule has 2 rings (SSSR count). The Morgan fingerprint density at radius 2 is 1.61 bits per heavy atom. The molecule has 0 aliphatic rings. The number of aryl methyl sites for hydroxylation is 1. The van der Waals surface area contributed by atoms with E-state index in [-0.39, 0.29) is 12.5 Å². The van der Waals surface area contributed by atoms with Crippen LogP contribution in [0.25, 0.3) is 0 Å². The van der Waals surface area contributed by atoms with E-state index in [0.29, 0.717) is 23.8 Å². The SMILES string of the molecule is COc1cccc(OC)c1OCC(=O)NCc1ccc(C)cc1. The van der Waals surface area contributed by atoms with Crippen LogP contribution in [0.15, 0.2) is 42.5 Å². The average molecular weight is 315 g/mol. The molecular weight excluding hydrogens is 294 g/mol. The van der Waals surface area contributed by atoms with Crippen LogP contribution in [0.2, 0.25) is 0 Å². The third kappa shape index (κ3) is 4.64. The summed E-state index contributed by atoms with van der Waals surface area (Å²) in [7, 11) is 3.08. The summed E-state index contributed by atoms with van der Waals surface area (Å²) < 4.78 is 16.0. The van der Waals surface area contributed by atoms with E-state index in [1.165, 1.54) is 5.56 Å².